The minimum absolute atomic E-state index is 0.935. The van der Waals surface area contributed by atoms with Gasteiger partial charge < -0.3 is 0 Å². The molecule has 0 fully saturated rings. The van der Waals surface area contributed by atoms with E-state index in [-0.39, 0.29) is 0 Å². The zero-order valence-corrected chi connectivity index (χ0v) is 12.1. The lowest BCUT2D eigenvalue weighted by molar-refractivity contribution is 0.339. The van der Waals surface area contributed by atoms with Crippen LogP contribution >= 0.6 is 0 Å². The molecule has 0 nitrogen and oxygen atoms in total. The summed E-state index contributed by atoms with van der Waals surface area (Å²) in [6.45, 7) is 13.7. The standard InChI is InChI=1S/C10H22.C5H12/c1-5-7-9(3)10(4)8-6-2;1-3-5-4-2/h9-10H,5-8H2,1-4H3;3-5H2,1-2H3. The van der Waals surface area contributed by atoms with Gasteiger partial charge in [0.1, 0.15) is 0 Å². The Hall–Kier alpha value is 0. The van der Waals surface area contributed by atoms with Crippen LogP contribution in [0, 0.1) is 11.8 Å². The fourth-order valence-corrected chi connectivity index (χ4v) is 1.83. The molecule has 0 aliphatic heterocycles. The molecule has 0 heteroatoms. The fourth-order valence-electron chi connectivity index (χ4n) is 1.83. The van der Waals surface area contributed by atoms with Crippen LogP contribution < -0.4 is 0 Å². The number of hydrogen-bond donors (Lipinski definition) is 0. The summed E-state index contributed by atoms with van der Waals surface area (Å²) in [7, 11) is 0. The minimum atomic E-state index is 0.935. The van der Waals surface area contributed by atoms with Crippen LogP contribution in [0.3, 0.4) is 0 Å². The topological polar surface area (TPSA) is 0 Å². The summed E-state index contributed by atoms with van der Waals surface area (Å²) in [5.41, 5.74) is 0. The fraction of sp³-hybridized carbons (Fsp3) is 1.00. The highest BCUT2D eigenvalue weighted by Crippen LogP contribution is 2.20. The molecule has 0 aromatic rings. The Morgan fingerprint density at radius 1 is 0.600 bits per heavy atom. The number of rotatable bonds is 7. The maximum absolute atomic E-state index is 2.38. The number of unbranched alkanes of at least 4 members (excludes halogenated alkanes) is 2. The van der Waals surface area contributed by atoms with E-state index in [1.54, 1.807) is 0 Å². The van der Waals surface area contributed by atoms with Gasteiger partial charge in [-0.25, -0.2) is 0 Å². The minimum Gasteiger partial charge on any atom is -0.0654 e. The Kier molecular flexibility index (Phi) is 16.2. The van der Waals surface area contributed by atoms with Gasteiger partial charge in [-0.2, -0.15) is 0 Å². The first kappa shape index (κ1) is 17.4. The van der Waals surface area contributed by atoms with Crippen LogP contribution in [0.1, 0.15) is 86.5 Å². The van der Waals surface area contributed by atoms with Crippen molar-refractivity contribution in [3.63, 3.8) is 0 Å². The summed E-state index contributed by atoms with van der Waals surface area (Å²) >= 11 is 0. The van der Waals surface area contributed by atoms with E-state index in [9.17, 15) is 0 Å². The smallest absolute Gasteiger partial charge is 0.0417 e. The highest BCUT2D eigenvalue weighted by atomic mass is 14.1. The molecule has 0 aromatic heterocycles. The molecule has 2 unspecified atom stereocenters. The molecule has 0 N–H and O–H groups in total. The zero-order chi connectivity index (χ0) is 12.1. The predicted molar refractivity (Wildman–Crippen MR) is 73.3 cm³/mol. The largest absolute Gasteiger partial charge is 0.0654 e. The second kappa shape index (κ2) is 14.0. The van der Waals surface area contributed by atoms with Gasteiger partial charge in [0, 0.05) is 0 Å². The first-order valence-corrected chi connectivity index (χ1v) is 7.13. The summed E-state index contributed by atoms with van der Waals surface area (Å²) in [5, 5.41) is 0. The average Bonchev–Trinajstić information content (AvgIpc) is 2.20. The third-order valence-electron chi connectivity index (χ3n) is 3.17. The SMILES string of the molecule is CCCC(C)C(C)CCC.CCCCC. The number of hydrogen-bond acceptors (Lipinski definition) is 0. The molecule has 0 radical (unpaired) electrons. The summed E-state index contributed by atoms with van der Waals surface area (Å²) in [6.07, 6.45) is 9.57. The van der Waals surface area contributed by atoms with Gasteiger partial charge in [0.25, 0.3) is 0 Å². The second-order valence-electron chi connectivity index (χ2n) is 4.89. The lowest BCUT2D eigenvalue weighted by atomic mass is 9.89. The second-order valence-corrected chi connectivity index (χ2v) is 4.89. The molecule has 0 saturated carbocycles. The normalized spacial score (nSPS) is 14.0. The van der Waals surface area contributed by atoms with E-state index < -0.39 is 0 Å². The van der Waals surface area contributed by atoms with Crippen molar-refractivity contribution in [2.24, 2.45) is 11.8 Å². The van der Waals surface area contributed by atoms with E-state index >= 15 is 0 Å². The predicted octanol–water partition coefficient (Wildman–Crippen LogP) is 6.06. The van der Waals surface area contributed by atoms with Crippen molar-refractivity contribution in [3.8, 4) is 0 Å². The molecule has 2 atom stereocenters. The van der Waals surface area contributed by atoms with Crippen molar-refractivity contribution >= 4 is 0 Å². The van der Waals surface area contributed by atoms with Crippen LogP contribution in [0.5, 0.6) is 0 Å². The average molecular weight is 214 g/mol. The molecule has 0 aliphatic carbocycles. The summed E-state index contributed by atoms with van der Waals surface area (Å²) in [4.78, 5) is 0. The molecule has 0 aromatic carbocycles. The third kappa shape index (κ3) is 14.0. The van der Waals surface area contributed by atoms with Gasteiger partial charge in [0.15, 0.2) is 0 Å². The summed E-state index contributed by atoms with van der Waals surface area (Å²) < 4.78 is 0. The van der Waals surface area contributed by atoms with Crippen molar-refractivity contribution < 1.29 is 0 Å². The van der Waals surface area contributed by atoms with Gasteiger partial charge in [-0.15, -0.1) is 0 Å². The quantitative estimate of drug-likeness (QED) is 0.483. The van der Waals surface area contributed by atoms with Gasteiger partial charge >= 0.3 is 0 Å². The lowest BCUT2D eigenvalue weighted by Crippen LogP contribution is -2.06. The van der Waals surface area contributed by atoms with Gasteiger partial charge in [-0.05, 0) is 11.8 Å². The lowest BCUT2D eigenvalue weighted by Gasteiger charge is -2.17. The van der Waals surface area contributed by atoms with E-state index in [0.29, 0.717) is 0 Å². The van der Waals surface area contributed by atoms with E-state index in [1.165, 1.54) is 44.9 Å². The Bertz CT molecular complexity index is 84.2. The van der Waals surface area contributed by atoms with E-state index in [4.69, 9.17) is 0 Å². The summed E-state index contributed by atoms with van der Waals surface area (Å²) in [6, 6.07) is 0. The molecular weight excluding hydrogens is 180 g/mol. The zero-order valence-electron chi connectivity index (χ0n) is 12.1. The van der Waals surface area contributed by atoms with E-state index in [1.807, 2.05) is 0 Å². The van der Waals surface area contributed by atoms with Crippen molar-refractivity contribution in [1.29, 1.82) is 0 Å². The Morgan fingerprint density at radius 3 is 1.07 bits per heavy atom. The Morgan fingerprint density at radius 2 is 0.933 bits per heavy atom. The molecule has 0 heterocycles. The van der Waals surface area contributed by atoms with Crippen molar-refractivity contribution in [2.75, 3.05) is 0 Å². The highest BCUT2D eigenvalue weighted by Gasteiger charge is 2.08. The first-order chi connectivity index (χ1) is 7.13. The van der Waals surface area contributed by atoms with Crippen LogP contribution in [0.25, 0.3) is 0 Å². The molecule has 94 valence electrons. The van der Waals surface area contributed by atoms with Gasteiger partial charge in [-0.3, -0.25) is 0 Å². The molecule has 0 amide bonds. The first-order valence-electron chi connectivity index (χ1n) is 7.13. The molecule has 0 aliphatic rings. The molecule has 0 saturated heterocycles. The van der Waals surface area contributed by atoms with E-state index in [2.05, 4.69) is 41.5 Å². The molecule has 15 heavy (non-hydrogen) atoms. The Balaban J connectivity index is 0. The van der Waals surface area contributed by atoms with Crippen LogP contribution in [-0.2, 0) is 0 Å². The van der Waals surface area contributed by atoms with Crippen LogP contribution in [-0.4, -0.2) is 0 Å². The molecule has 0 rings (SSSR count). The van der Waals surface area contributed by atoms with Crippen molar-refractivity contribution in [1.82, 2.24) is 0 Å². The monoisotopic (exact) mass is 214 g/mol. The van der Waals surface area contributed by atoms with Crippen molar-refractivity contribution in [2.45, 2.75) is 86.5 Å². The van der Waals surface area contributed by atoms with Gasteiger partial charge in [0.2, 0.25) is 0 Å². The highest BCUT2D eigenvalue weighted by molar-refractivity contribution is 4.60. The Labute approximate surface area is 98.9 Å². The van der Waals surface area contributed by atoms with Crippen LogP contribution in [0.4, 0.5) is 0 Å². The molecule has 0 spiro atoms. The maximum Gasteiger partial charge on any atom is -0.0417 e. The summed E-state index contributed by atoms with van der Waals surface area (Å²) in [5.74, 6) is 1.87. The third-order valence-corrected chi connectivity index (χ3v) is 3.17. The van der Waals surface area contributed by atoms with Crippen molar-refractivity contribution in [3.05, 3.63) is 0 Å². The van der Waals surface area contributed by atoms with Crippen LogP contribution in [0.2, 0.25) is 0 Å². The van der Waals surface area contributed by atoms with Crippen LogP contribution in [0.15, 0.2) is 0 Å². The van der Waals surface area contributed by atoms with E-state index in [0.717, 1.165) is 11.8 Å². The molecular formula is C15H34. The van der Waals surface area contributed by atoms with Gasteiger partial charge in [-0.1, -0.05) is 86.5 Å². The van der Waals surface area contributed by atoms with Gasteiger partial charge in [0.05, 0.1) is 0 Å². The maximum atomic E-state index is 2.38. The molecule has 0 bridgehead atoms.